The third-order valence-corrected chi connectivity index (χ3v) is 4.15. The van der Waals surface area contributed by atoms with Gasteiger partial charge in [-0.05, 0) is 30.7 Å². The fourth-order valence-electron chi connectivity index (χ4n) is 1.45. The minimum absolute atomic E-state index is 0.157. The summed E-state index contributed by atoms with van der Waals surface area (Å²) >= 11 is 0. The molecule has 0 atom stereocenters. The largest absolute Gasteiger partial charge is 0.252 e. The van der Waals surface area contributed by atoms with Crippen LogP contribution in [-0.4, -0.2) is 28.4 Å². The van der Waals surface area contributed by atoms with E-state index in [1.54, 1.807) is 24.3 Å². The molecule has 0 aliphatic carbocycles. The number of hydrogen-bond acceptors (Lipinski definition) is 5. The maximum Gasteiger partial charge on any atom is 0.178 e. The third-order valence-electron chi connectivity index (χ3n) is 2.21. The average Bonchev–Trinajstić information content (AvgIpc) is 2.31. The van der Waals surface area contributed by atoms with Gasteiger partial charge in [0, 0.05) is 0 Å². The molecule has 0 N–H and O–H groups in total. The summed E-state index contributed by atoms with van der Waals surface area (Å²) in [6.45, 7) is 1.84. The van der Waals surface area contributed by atoms with Crippen LogP contribution in [0.2, 0.25) is 0 Å². The minimum atomic E-state index is -3.17. The standard InChI is InChI=1S/C11H17NO4S/c1-4-9-17(13,14)11-7-5-10(6-8-11)12(15-2)16-3/h5-8H,4,9H2,1-3H3. The summed E-state index contributed by atoms with van der Waals surface area (Å²) in [7, 11) is -0.239. The van der Waals surface area contributed by atoms with Gasteiger partial charge in [-0.25, -0.2) is 8.42 Å². The molecule has 0 heterocycles. The summed E-state index contributed by atoms with van der Waals surface area (Å²) in [6.07, 6.45) is 0.604. The van der Waals surface area contributed by atoms with E-state index < -0.39 is 9.84 Å². The first-order chi connectivity index (χ1) is 8.05. The molecule has 17 heavy (non-hydrogen) atoms. The smallest absolute Gasteiger partial charge is 0.178 e. The van der Waals surface area contributed by atoms with E-state index in [0.29, 0.717) is 17.0 Å². The predicted molar refractivity (Wildman–Crippen MR) is 65.3 cm³/mol. The molecule has 0 radical (unpaired) electrons. The van der Waals surface area contributed by atoms with Crippen molar-refractivity contribution in [3.05, 3.63) is 24.3 Å². The Hall–Kier alpha value is -1.11. The summed E-state index contributed by atoms with van der Waals surface area (Å²) < 4.78 is 23.6. The van der Waals surface area contributed by atoms with Crippen LogP contribution < -0.4 is 5.23 Å². The van der Waals surface area contributed by atoms with Gasteiger partial charge in [-0.1, -0.05) is 6.92 Å². The Bertz CT molecular complexity index is 437. The van der Waals surface area contributed by atoms with E-state index in [4.69, 9.17) is 9.68 Å². The van der Waals surface area contributed by atoms with Crippen molar-refractivity contribution in [3.8, 4) is 0 Å². The van der Waals surface area contributed by atoms with Crippen molar-refractivity contribution in [1.29, 1.82) is 0 Å². The lowest BCUT2D eigenvalue weighted by atomic mass is 10.3. The highest BCUT2D eigenvalue weighted by atomic mass is 32.2. The van der Waals surface area contributed by atoms with Crippen LogP contribution in [0.1, 0.15) is 13.3 Å². The first-order valence-corrected chi connectivity index (χ1v) is 6.91. The maximum absolute atomic E-state index is 11.8. The Morgan fingerprint density at radius 1 is 1.12 bits per heavy atom. The molecule has 0 aromatic heterocycles. The molecule has 1 aromatic carbocycles. The molecule has 0 spiro atoms. The number of anilines is 1. The van der Waals surface area contributed by atoms with Gasteiger partial charge in [-0.3, -0.25) is 9.68 Å². The second-order valence-electron chi connectivity index (χ2n) is 3.44. The van der Waals surface area contributed by atoms with E-state index in [0.717, 1.165) is 0 Å². The van der Waals surface area contributed by atoms with E-state index in [2.05, 4.69) is 0 Å². The van der Waals surface area contributed by atoms with E-state index in [1.807, 2.05) is 6.92 Å². The molecule has 5 nitrogen and oxygen atoms in total. The molecule has 0 fully saturated rings. The highest BCUT2D eigenvalue weighted by molar-refractivity contribution is 7.91. The van der Waals surface area contributed by atoms with Crippen LogP contribution in [0.5, 0.6) is 0 Å². The monoisotopic (exact) mass is 259 g/mol. The SMILES string of the molecule is CCCS(=O)(=O)c1ccc(N(OC)OC)cc1. The minimum Gasteiger partial charge on any atom is -0.252 e. The maximum atomic E-state index is 11.8. The molecule has 1 aromatic rings. The molecule has 0 saturated heterocycles. The Morgan fingerprint density at radius 3 is 2.06 bits per heavy atom. The van der Waals surface area contributed by atoms with Crippen LogP contribution in [0.3, 0.4) is 0 Å². The Balaban J connectivity index is 2.95. The molecular weight excluding hydrogens is 242 g/mol. The normalized spacial score (nSPS) is 11.5. The van der Waals surface area contributed by atoms with Crippen molar-refractivity contribution in [1.82, 2.24) is 0 Å². The zero-order chi connectivity index (χ0) is 12.9. The summed E-state index contributed by atoms with van der Waals surface area (Å²) in [5.74, 6) is 0.157. The highest BCUT2D eigenvalue weighted by Crippen LogP contribution is 2.19. The lowest BCUT2D eigenvalue weighted by Gasteiger charge is -2.18. The second-order valence-corrected chi connectivity index (χ2v) is 5.54. The van der Waals surface area contributed by atoms with Crippen LogP contribution in [-0.2, 0) is 19.5 Å². The molecule has 0 saturated carbocycles. The number of nitrogens with zero attached hydrogens (tertiary/aromatic N) is 1. The Morgan fingerprint density at radius 2 is 1.65 bits per heavy atom. The molecule has 0 unspecified atom stereocenters. The second kappa shape index (κ2) is 6.00. The fourth-order valence-corrected chi connectivity index (χ4v) is 2.77. The van der Waals surface area contributed by atoms with E-state index in [-0.39, 0.29) is 5.75 Å². The summed E-state index contributed by atoms with van der Waals surface area (Å²) in [5, 5.41) is 1.19. The lowest BCUT2D eigenvalue weighted by molar-refractivity contribution is -0.0433. The molecule has 6 heteroatoms. The topological polar surface area (TPSA) is 55.8 Å². The highest BCUT2D eigenvalue weighted by Gasteiger charge is 2.13. The Kier molecular flexibility index (Phi) is 4.92. The van der Waals surface area contributed by atoms with Gasteiger partial charge < -0.3 is 0 Å². The zero-order valence-corrected chi connectivity index (χ0v) is 11.0. The van der Waals surface area contributed by atoms with Crippen LogP contribution in [0.4, 0.5) is 5.69 Å². The van der Waals surface area contributed by atoms with Gasteiger partial charge in [0.15, 0.2) is 9.84 Å². The zero-order valence-electron chi connectivity index (χ0n) is 10.2. The summed E-state index contributed by atoms with van der Waals surface area (Å²) in [5.41, 5.74) is 0.630. The molecule has 0 aliphatic heterocycles. The van der Waals surface area contributed by atoms with Crippen LogP contribution in [0, 0.1) is 0 Å². The number of hydrogen-bond donors (Lipinski definition) is 0. The van der Waals surface area contributed by atoms with Crippen molar-refractivity contribution in [3.63, 3.8) is 0 Å². The number of sulfone groups is 1. The van der Waals surface area contributed by atoms with Gasteiger partial charge >= 0.3 is 0 Å². The van der Waals surface area contributed by atoms with Gasteiger partial charge in [-0.2, -0.15) is 0 Å². The van der Waals surface area contributed by atoms with Crippen LogP contribution >= 0.6 is 0 Å². The van der Waals surface area contributed by atoms with Crippen molar-refractivity contribution in [2.24, 2.45) is 0 Å². The van der Waals surface area contributed by atoms with Crippen molar-refractivity contribution in [2.75, 3.05) is 25.2 Å². The van der Waals surface area contributed by atoms with Crippen LogP contribution in [0.25, 0.3) is 0 Å². The van der Waals surface area contributed by atoms with E-state index >= 15 is 0 Å². The lowest BCUT2D eigenvalue weighted by Crippen LogP contribution is -2.19. The summed E-state index contributed by atoms with van der Waals surface area (Å²) in [4.78, 5) is 10.2. The van der Waals surface area contributed by atoms with Crippen molar-refractivity contribution < 1.29 is 18.1 Å². The van der Waals surface area contributed by atoms with E-state index in [1.165, 1.54) is 19.4 Å². The quantitative estimate of drug-likeness (QED) is 0.729. The molecule has 0 aliphatic rings. The van der Waals surface area contributed by atoms with E-state index in [9.17, 15) is 8.42 Å². The number of benzene rings is 1. The van der Waals surface area contributed by atoms with Crippen molar-refractivity contribution in [2.45, 2.75) is 18.2 Å². The first-order valence-electron chi connectivity index (χ1n) is 5.26. The van der Waals surface area contributed by atoms with Gasteiger partial charge in [0.05, 0.1) is 30.6 Å². The number of rotatable bonds is 6. The molecule has 0 bridgehead atoms. The molecular formula is C11H17NO4S. The average molecular weight is 259 g/mol. The molecule has 1 rings (SSSR count). The van der Waals surface area contributed by atoms with Gasteiger partial charge in [0.25, 0.3) is 0 Å². The van der Waals surface area contributed by atoms with Crippen LogP contribution in [0.15, 0.2) is 29.2 Å². The van der Waals surface area contributed by atoms with Gasteiger partial charge in [0.2, 0.25) is 0 Å². The molecule has 96 valence electrons. The van der Waals surface area contributed by atoms with Gasteiger partial charge in [0.1, 0.15) is 0 Å². The Labute approximate surface area is 102 Å². The fraction of sp³-hybridized carbons (Fsp3) is 0.455. The third kappa shape index (κ3) is 3.42. The van der Waals surface area contributed by atoms with Gasteiger partial charge in [-0.15, -0.1) is 5.23 Å². The molecule has 0 amide bonds. The first kappa shape index (κ1) is 14.0. The van der Waals surface area contributed by atoms with Crippen molar-refractivity contribution >= 4 is 15.5 Å². The summed E-state index contributed by atoms with van der Waals surface area (Å²) in [6, 6.07) is 6.36. The predicted octanol–water partition coefficient (Wildman–Crippen LogP) is 1.80.